The van der Waals surface area contributed by atoms with Gasteiger partial charge < -0.3 is 10.1 Å². The van der Waals surface area contributed by atoms with Gasteiger partial charge in [-0.25, -0.2) is 4.98 Å². The Hall–Kier alpha value is -2.08. The highest BCUT2D eigenvalue weighted by Crippen LogP contribution is 2.24. The molecule has 1 amide bonds. The maximum atomic E-state index is 12.1. The van der Waals surface area contributed by atoms with Gasteiger partial charge >= 0.3 is 0 Å². The van der Waals surface area contributed by atoms with Crippen LogP contribution in [-0.2, 0) is 11.3 Å². The first-order valence-corrected chi connectivity index (χ1v) is 7.04. The van der Waals surface area contributed by atoms with Gasteiger partial charge in [-0.2, -0.15) is 5.10 Å². The Morgan fingerprint density at radius 3 is 2.86 bits per heavy atom. The van der Waals surface area contributed by atoms with Crippen LogP contribution in [0.5, 0.6) is 5.75 Å². The van der Waals surface area contributed by atoms with Crippen LogP contribution >= 0.6 is 11.6 Å². The summed E-state index contributed by atoms with van der Waals surface area (Å²) in [7, 11) is 0. The Labute approximate surface area is 127 Å². The highest BCUT2D eigenvalue weighted by Gasteiger charge is 2.19. The van der Waals surface area contributed by atoms with Crippen LogP contribution in [0.1, 0.15) is 25.0 Å². The van der Waals surface area contributed by atoms with Gasteiger partial charge in [-0.1, -0.05) is 30.7 Å². The van der Waals surface area contributed by atoms with Crippen molar-refractivity contribution in [2.24, 2.45) is 0 Å². The van der Waals surface area contributed by atoms with Gasteiger partial charge in [0.25, 0.3) is 5.91 Å². The lowest BCUT2D eigenvalue weighted by Crippen LogP contribution is -2.37. The van der Waals surface area contributed by atoms with E-state index >= 15 is 0 Å². The van der Waals surface area contributed by atoms with Crippen molar-refractivity contribution >= 4 is 17.5 Å². The van der Waals surface area contributed by atoms with Gasteiger partial charge in [0.05, 0.1) is 11.6 Å². The normalized spacial score (nSPS) is 12.0. The second-order valence-corrected chi connectivity index (χ2v) is 4.91. The number of hydrogen-bond acceptors (Lipinski definition) is 4. The smallest absolute Gasteiger partial charge is 0.261 e. The molecule has 1 heterocycles. The molecule has 0 saturated carbocycles. The van der Waals surface area contributed by atoms with Crippen molar-refractivity contribution in [2.45, 2.75) is 32.9 Å². The van der Waals surface area contributed by atoms with E-state index < -0.39 is 6.10 Å². The van der Waals surface area contributed by atoms with Crippen LogP contribution in [0.3, 0.4) is 0 Å². The highest BCUT2D eigenvalue weighted by molar-refractivity contribution is 6.32. The minimum absolute atomic E-state index is 0.222. The summed E-state index contributed by atoms with van der Waals surface area (Å²) in [5.74, 6) is 1.52. The van der Waals surface area contributed by atoms with Gasteiger partial charge in [-0.15, -0.1) is 0 Å². The van der Waals surface area contributed by atoms with Crippen LogP contribution < -0.4 is 10.1 Å². The summed E-state index contributed by atoms with van der Waals surface area (Å²) in [6, 6.07) is 7.07. The van der Waals surface area contributed by atoms with Crippen molar-refractivity contribution in [2.75, 3.05) is 0 Å². The number of para-hydroxylation sites is 1. The molecule has 6 nitrogen and oxygen atoms in total. The molecule has 0 fully saturated rings. The maximum absolute atomic E-state index is 12.1. The Bertz CT molecular complexity index is 615. The number of H-pyrrole nitrogens is 1. The van der Waals surface area contributed by atoms with Crippen molar-refractivity contribution in [3.63, 3.8) is 0 Å². The number of hydrogen-bond donors (Lipinski definition) is 2. The standard InChI is InChI=1S/C14H17ClN4O2/c1-3-11(21-12-7-5-4-6-10(12)15)14(20)16-8-13-17-9(2)18-19-13/h4-7,11H,3,8H2,1-2H3,(H,16,20)(H,17,18,19)/t11-/m1/s1. The van der Waals surface area contributed by atoms with Gasteiger partial charge in [-0.05, 0) is 25.5 Å². The van der Waals surface area contributed by atoms with E-state index in [0.29, 0.717) is 28.8 Å². The van der Waals surface area contributed by atoms with E-state index in [1.807, 2.05) is 19.1 Å². The number of rotatable bonds is 6. The zero-order chi connectivity index (χ0) is 15.2. The zero-order valence-electron chi connectivity index (χ0n) is 11.9. The largest absolute Gasteiger partial charge is 0.479 e. The summed E-state index contributed by atoms with van der Waals surface area (Å²) in [6.45, 7) is 3.93. The number of aromatic nitrogens is 3. The molecule has 2 N–H and O–H groups in total. The monoisotopic (exact) mass is 308 g/mol. The van der Waals surface area contributed by atoms with Crippen molar-refractivity contribution in [3.8, 4) is 5.75 Å². The lowest BCUT2D eigenvalue weighted by atomic mass is 10.2. The number of nitrogens with one attached hydrogen (secondary N) is 2. The molecule has 0 bridgehead atoms. The summed E-state index contributed by atoms with van der Waals surface area (Å²) < 4.78 is 5.66. The first-order valence-electron chi connectivity index (χ1n) is 6.67. The molecule has 0 radical (unpaired) electrons. The second kappa shape index (κ2) is 7.08. The SMILES string of the molecule is CC[C@@H](Oc1ccccc1Cl)C(=O)NCc1n[nH]c(C)n1. The number of aromatic amines is 1. The lowest BCUT2D eigenvalue weighted by Gasteiger charge is -2.17. The summed E-state index contributed by atoms with van der Waals surface area (Å²) in [5.41, 5.74) is 0. The number of ether oxygens (including phenoxy) is 1. The topological polar surface area (TPSA) is 79.9 Å². The molecule has 2 rings (SSSR count). The van der Waals surface area contributed by atoms with E-state index in [4.69, 9.17) is 16.3 Å². The van der Waals surface area contributed by atoms with E-state index in [2.05, 4.69) is 20.5 Å². The predicted octanol–water partition coefficient (Wildman–Crippen LogP) is 2.24. The number of amides is 1. The number of carbonyl (C=O) groups is 1. The second-order valence-electron chi connectivity index (χ2n) is 4.50. The molecule has 7 heteroatoms. The molecule has 1 aromatic heterocycles. The Morgan fingerprint density at radius 2 is 2.24 bits per heavy atom. The molecule has 1 aromatic carbocycles. The number of benzene rings is 1. The van der Waals surface area contributed by atoms with Gasteiger partial charge in [0, 0.05) is 0 Å². The lowest BCUT2D eigenvalue weighted by molar-refractivity contribution is -0.128. The van der Waals surface area contributed by atoms with Gasteiger partial charge in [-0.3, -0.25) is 9.89 Å². The minimum Gasteiger partial charge on any atom is -0.479 e. The Morgan fingerprint density at radius 1 is 1.48 bits per heavy atom. The predicted molar refractivity (Wildman–Crippen MR) is 79.1 cm³/mol. The first-order chi connectivity index (χ1) is 10.1. The molecular weight excluding hydrogens is 292 g/mol. The Kier molecular flexibility index (Phi) is 5.16. The number of aryl methyl sites for hydroxylation is 1. The van der Waals surface area contributed by atoms with Crippen molar-refractivity contribution in [1.29, 1.82) is 0 Å². The van der Waals surface area contributed by atoms with E-state index in [1.165, 1.54) is 0 Å². The van der Waals surface area contributed by atoms with Crippen LogP contribution in [0, 0.1) is 6.92 Å². The third-order valence-electron chi connectivity index (χ3n) is 2.83. The average molecular weight is 309 g/mol. The Balaban J connectivity index is 1.94. The fourth-order valence-corrected chi connectivity index (χ4v) is 1.94. The van der Waals surface area contributed by atoms with Crippen LogP contribution in [-0.4, -0.2) is 27.2 Å². The molecule has 0 saturated heterocycles. The van der Waals surface area contributed by atoms with E-state index in [-0.39, 0.29) is 12.5 Å². The maximum Gasteiger partial charge on any atom is 0.261 e. The number of carbonyl (C=O) groups excluding carboxylic acids is 1. The molecule has 2 aromatic rings. The van der Waals surface area contributed by atoms with Crippen molar-refractivity contribution in [1.82, 2.24) is 20.5 Å². The van der Waals surface area contributed by atoms with Gasteiger partial charge in [0.2, 0.25) is 0 Å². The minimum atomic E-state index is -0.607. The van der Waals surface area contributed by atoms with Crippen molar-refractivity contribution in [3.05, 3.63) is 40.9 Å². The van der Waals surface area contributed by atoms with Gasteiger partial charge in [0.1, 0.15) is 11.6 Å². The van der Waals surface area contributed by atoms with E-state index in [0.717, 1.165) is 0 Å². The molecule has 0 unspecified atom stereocenters. The van der Waals surface area contributed by atoms with Gasteiger partial charge in [0.15, 0.2) is 11.9 Å². The number of nitrogens with zero attached hydrogens (tertiary/aromatic N) is 2. The molecule has 0 aliphatic rings. The molecular formula is C14H17ClN4O2. The molecule has 0 aliphatic carbocycles. The number of halogens is 1. The molecule has 1 atom stereocenters. The fourth-order valence-electron chi connectivity index (χ4n) is 1.76. The third kappa shape index (κ3) is 4.19. The van der Waals surface area contributed by atoms with E-state index in [1.54, 1.807) is 19.1 Å². The van der Waals surface area contributed by atoms with Crippen LogP contribution in [0.25, 0.3) is 0 Å². The van der Waals surface area contributed by atoms with Crippen LogP contribution in [0.2, 0.25) is 5.02 Å². The summed E-state index contributed by atoms with van der Waals surface area (Å²) in [4.78, 5) is 16.2. The molecule has 112 valence electrons. The van der Waals surface area contributed by atoms with Crippen LogP contribution in [0.4, 0.5) is 0 Å². The third-order valence-corrected chi connectivity index (χ3v) is 3.15. The van der Waals surface area contributed by atoms with Crippen LogP contribution in [0.15, 0.2) is 24.3 Å². The summed E-state index contributed by atoms with van der Waals surface area (Å²) >= 11 is 6.02. The molecule has 0 aliphatic heterocycles. The molecule has 21 heavy (non-hydrogen) atoms. The summed E-state index contributed by atoms with van der Waals surface area (Å²) in [5, 5.41) is 9.91. The van der Waals surface area contributed by atoms with E-state index in [9.17, 15) is 4.79 Å². The molecule has 0 spiro atoms. The average Bonchev–Trinajstić information content (AvgIpc) is 2.89. The van der Waals surface area contributed by atoms with Crippen molar-refractivity contribution < 1.29 is 9.53 Å². The highest BCUT2D eigenvalue weighted by atomic mass is 35.5. The summed E-state index contributed by atoms with van der Waals surface area (Å²) in [6.07, 6.45) is -0.0747. The fraction of sp³-hybridized carbons (Fsp3) is 0.357. The zero-order valence-corrected chi connectivity index (χ0v) is 12.6. The quantitative estimate of drug-likeness (QED) is 0.857. The first kappa shape index (κ1) is 15.3.